The van der Waals surface area contributed by atoms with Crippen molar-refractivity contribution in [2.75, 3.05) is 6.54 Å². The van der Waals surface area contributed by atoms with E-state index in [4.69, 9.17) is 16.0 Å². The summed E-state index contributed by atoms with van der Waals surface area (Å²) in [5.41, 5.74) is 2.02. The van der Waals surface area contributed by atoms with Gasteiger partial charge in [0.1, 0.15) is 11.3 Å². The summed E-state index contributed by atoms with van der Waals surface area (Å²) in [5.74, 6) is 0.956. The van der Waals surface area contributed by atoms with Gasteiger partial charge in [0.15, 0.2) is 0 Å². The number of fused-ring (bicyclic) bond motifs is 1. The minimum atomic E-state index is 0.760. The van der Waals surface area contributed by atoms with Gasteiger partial charge in [-0.25, -0.2) is 0 Å². The largest absolute Gasteiger partial charge is 0.459 e. The second-order valence-corrected chi connectivity index (χ2v) is 4.07. The molecular weight excluding hydrogens is 210 g/mol. The number of furan rings is 1. The van der Waals surface area contributed by atoms with Gasteiger partial charge in [-0.1, -0.05) is 18.5 Å². The van der Waals surface area contributed by atoms with Crippen molar-refractivity contribution in [2.24, 2.45) is 0 Å². The van der Waals surface area contributed by atoms with Gasteiger partial charge in [0, 0.05) is 10.4 Å². The van der Waals surface area contributed by atoms with E-state index >= 15 is 0 Å². The lowest BCUT2D eigenvalue weighted by Gasteiger charge is -1.96. The van der Waals surface area contributed by atoms with Crippen LogP contribution in [-0.2, 0) is 6.54 Å². The SMILES string of the molecule is CCNCc1cc2cc(Cl)cc(C)c2o1. The van der Waals surface area contributed by atoms with E-state index in [1.54, 1.807) is 0 Å². The molecule has 2 aromatic rings. The number of hydrogen-bond acceptors (Lipinski definition) is 2. The third-order valence-electron chi connectivity index (χ3n) is 2.37. The molecule has 0 radical (unpaired) electrons. The molecule has 1 aromatic carbocycles. The van der Waals surface area contributed by atoms with E-state index in [9.17, 15) is 0 Å². The van der Waals surface area contributed by atoms with E-state index in [2.05, 4.69) is 12.2 Å². The molecule has 3 heteroatoms. The molecule has 0 amide bonds. The van der Waals surface area contributed by atoms with Crippen molar-refractivity contribution >= 4 is 22.6 Å². The molecule has 2 rings (SSSR count). The lowest BCUT2D eigenvalue weighted by molar-refractivity contribution is 0.518. The molecule has 2 nitrogen and oxygen atoms in total. The first-order valence-corrected chi connectivity index (χ1v) is 5.48. The zero-order valence-corrected chi connectivity index (χ0v) is 9.69. The van der Waals surface area contributed by atoms with E-state index in [-0.39, 0.29) is 0 Å². The van der Waals surface area contributed by atoms with E-state index in [0.717, 1.165) is 40.4 Å². The average molecular weight is 224 g/mol. The summed E-state index contributed by atoms with van der Waals surface area (Å²) in [6.45, 7) is 5.79. The number of nitrogens with one attached hydrogen (secondary N) is 1. The van der Waals surface area contributed by atoms with Crippen LogP contribution in [0.15, 0.2) is 22.6 Å². The zero-order chi connectivity index (χ0) is 10.8. The fraction of sp³-hybridized carbons (Fsp3) is 0.333. The van der Waals surface area contributed by atoms with Crippen LogP contribution in [0.1, 0.15) is 18.2 Å². The molecule has 0 atom stereocenters. The number of halogens is 1. The molecule has 1 N–H and O–H groups in total. The molecule has 0 unspecified atom stereocenters. The third kappa shape index (κ3) is 2.16. The van der Waals surface area contributed by atoms with E-state index in [1.807, 2.05) is 25.1 Å². The predicted molar refractivity (Wildman–Crippen MR) is 63.3 cm³/mol. The molecule has 0 bridgehead atoms. The Morgan fingerprint density at radius 1 is 1.33 bits per heavy atom. The number of benzene rings is 1. The summed E-state index contributed by atoms with van der Waals surface area (Å²) in [6.07, 6.45) is 0. The standard InChI is InChI=1S/C12H14ClNO/c1-3-14-7-11-6-9-5-10(13)4-8(2)12(9)15-11/h4-6,14H,3,7H2,1-2H3. The normalized spacial score (nSPS) is 11.1. The highest BCUT2D eigenvalue weighted by Crippen LogP contribution is 2.26. The van der Waals surface area contributed by atoms with Gasteiger partial charge in [0.05, 0.1) is 6.54 Å². The van der Waals surface area contributed by atoms with Crippen molar-refractivity contribution in [3.63, 3.8) is 0 Å². The molecule has 1 aromatic heterocycles. The van der Waals surface area contributed by atoms with Crippen molar-refractivity contribution in [3.05, 3.63) is 34.5 Å². The Bertz CT molecular complexity index is 476. The Kier molecular flexibility index (Phi) is 2.98. The van der Waals surface area contributed by atoms with Gasteiger partial charge >= 0.3 is 0 Å². The summed E-state index contributed by atoms with van der Waals surface area (Å²) in [4.78, 5) is 0. The van der Waals surface area contributed by atoms with Gasteiger partial charge in [0.2, 0.25) is 0 Å². The fourth-order valence-corrected chi connectivity index (χ4v) is 1.95. The van der Waals surface area contributed by atoms with E-state index < -0.39 is 0 Å². The Hall–Kier alpha value is -0.990. The Morgan fingerprint density at radius 2 is 2.13 bits per heavy atom. The second-order valence-electron chi connectivity index (χ2n) is 3.63. The van der Waals surface area contributed by atoms with Gasteiger partial charge in [-0.05, 0) is 37.2 Å². The molecule has 15 heavy (non-hydrogen) atoms. The maximum Gasteiger partial charge on any atom is 0.137 e. The van der Waals surface area contributed by atoms with E-state index in [0.29, 0.717) is 0 Å². The van der Waals surface area contributed by atoms with Gasteiger partial charge in [-0.15, -0.1) is 0 Å². The second kappa shape index (κ2) is 4.25. The monoisotopic (exact) mass is 223 g/mol. The first-order chi connectivity index (χ1) is 7.20. The molecule has 0 aliphatic heterocycles. The zero-order valence-electron chi connectivity index (χ0n) is 8.93. The highest BCUT2D eigenvalue weighted by Gasteiger charge is 2.06. The van der Waals surface area contributed by atoms with Gasteiger partial charge in [-0.2, -0.15) is 0 Å². The molecule has 0 aliphatic carbocycles. The molecule has 80 valence electrons. The summed E-state index contributed by atoms with van der Waals surface area (Å²) in [5, 5.41) is 5.07. The smallest absolute Gasteiger partial charge is 0.137 e. The molecule has 1 heterocycles. The molecule has 0 aliphatic rings. The Labute approximate surface area is 94.2 Å². The molecule has 0 fully saturated rings. The highest BCUT2D eigenvalue weighted by molar-refractivity contribution is 6.31. The van der Waals surface area contributed by atoms with Crippen LogP contribution in [0, 0.1) is 6.92 Å². The summed E-state index contributed by atoms with van der Waals surface area (Å²) in [7, 11) is 0. The summed E-state index contributed by atoms with van der Waals surface area (Å²) < 4.78 is 5.73. The van der Waals surface area contributed by atoms with Crippen LogP contribution < -0.4 is 5.32 Å². The maximum atomic E-state index is 5.98. The first kappa shape index (κ1) is 10.5. The topological polar surface area (TPSA) is 25.2 Å². The summed E-state index contributed by atoms with van der Waals surface area (Å²) in [6, 6.07) is 5.89. The quantitative estimate of drug-likeness (QED) is 0.862. The van der Waals surface area contributed by atoms with Crippen LogP contribution in [0.4, 0.5) is 0 Å². The number of rotatable bonds is 3. The van der Waals surface area contributed by atoms with Gasteiger partial charge in [0.25, 0.3) is 0 Å². The van der Waals surface area contributed by atoms with Crippen LogP contribution in [0.25, 0.3) is 11.0 Å². The minimum absolute atomic E-state index is 0.760. The maximum absolute atomic E-state index is 5.98. The van der Waals surface area contributed by atoms with Crippen LogP contribution in [0.2, 0.25) is 5.02 Å². The van der Waals surface area contributed by atoms with Gasteiger partial charge in [-0.3, -0.25) is 0 Å². The predicted octanol–water partition coefficient (Wildman–Crippen LogP) is 3.50. The Balaban J connectivity index is 2.41. The lowest BCUT2D eigenvalue weighted by atomic mass is 10.2. The average Bonchev–Trinajstić information content (AvgIpc) is 2.57. The fourth-order valence-electron chi connectivity index (χ4n) is 1.67. The molecule has 0 spiro atoms. The Morgan fingerprint density at radius 3 is 2.87 bits per heavy atom. The molecular formula is C12H14ClNO. The van der Waals surface area contributed by atoms with Crippen LogP contribution in [0.3, 0.4) is 0 Å². The summed E-state index contributed by atoms with van der Waals surface area (Å²) >= 11 is 5.98. The van der Waals surface area contributed by atoms with Crippen molar-refractivity contribution in [1.82, 2.24) is 5.32 Å². The lowest BCUT2D eigenvalue weighted by Crippen LogP contribution is -2.10. The molecule has 0 saturated heterocycles. The molecule has 0 saturated carbocycles. The number of aryl methyl sites for hydroxylation is 1. The van der Waals surface area contributed by atoms with Crippen molar-refractivity contribution in [3.8, 4) is 0 Å². The van der Waals surface area contributed by atoms with Crippen LogP contribution >= 0.6 is 11.6 Å². The first-order valence-electron chi connectivity index (χ1n) is 5.10. The third-order valence-corrected chi connectivity index (χ3v) is 2.59. The minimum Gasteiger partial charge on any atom is -0.459 e. The van der Waals surface area contributed by atoms with Crippen molar-refractivity contribution < 1.29 is 4.42 Å². The van der Waals surface area contributed by atoms with E-state index in [1.165, 1.54) is 0 Å². The van der Waals surface area contributed by atoms with Crippen molar-refractivity contribution in [2.45, 2.75) is 20.4 Å². The highest BCUT2D eigenvalue weighted by atomic mass is 35.5. The van der Waals surface area contributed by atoms with Crippen molar-refractivity contribution in [1.29, 1.82) is 0 Å². The number of hydrogen-bond donors (Lipinski definition) is 1. The van der Waals surface area contributed by atoms with Crippen LogP contribution in [0.5, 0.6) is 0 Å². The van der Waals surface area contributed by atoms with Crippen LogP contribution in [-0.4, -0.2) is 6.54 Å². The van der Waals surface area contributed by atoms with Gasteiger partial charge < -0.3 is 9.73 Å².